The zero-order chi connectivity index (χ0) is 13.9. The van der Waals surface area contributed by atoms with Gasteiger partial charge in [0, 0.05) is 7.05 Å². The summed E-state index contributed by atoms with van der Waals surface area (Å²) in [6.45, 7) is 0.366. The van der Waals surface area contributed by atoms with Crippen molar-refractivity contribution in [2.45, 2.75) is 6.54 Å². The molecule has 1 amide bonds. The Labute approximate surface area is 119 Å². The van der Waals surface area contributed by atoms with E-state index < -0.39 is 0 Å². The van der Waals surface area contributed by atoms with Crippen molar-refractivity contribution in [3.8, 4) is 10.6 Å². The van der Waals surface area contributed by atoms with Crippen LogP contribution in [0.2, 0.25) is 0 Å². The molecule has 0 aromatic carbocycles. The van der Waals surface area contributed by atoms with E-state index in [0.29, 0.717) is 12.2 Å². The maximum Gasteiger partial charge on any atom is 0.269 e. The zero-order valence-electron chi connectivity index (χ0n) is 10.9. The lowest BCUT2D eigenvalue weighted by atomic mass is 10.3. The smallest absolute Gasteiger partial charge is 0.269 e. The van der Waals surface area contributed by atoms with Gasteiger partial charge in [-0.15, -0.1) is 11.3 Å². The maximum atomic E-state index is 12.1. The molecule has 0 fully saturated rings. The van der Waals surface area contributed by atoms with Crippen molar-refractivity contribution < 1.29 is 9.21 Å². The molecular formula is C14H13N3O2S. The Balaban J connectivity index is 1.75. The van der Waals surface area contributed by atoms with Crippen LogP contribution in [0.15, 0.2) is 46.4 Å². The highest BCUT2D eigenvalue weighted by Gasteiger charge is 2.14. The fourth-order valence-corrected chi connectivity index (χ4v) is 2.58. The molecule has 3 aromatic rings. The summed E-state index contributed by atoms with van der Waals surface area (Å²) in [6.07, 6.45) is 1.58. The molecule has 0 bridgehead atoms. The third-order valence-corrected chi connectivity index (χ3v) is 3.78. The fourth-order valence-electron chi connectivity index (χ4n) is 1.90. The van der Waals surface area contributed by atoms with Crippen molar-refractivity contribution in [2.75, 3.05) is 0 Å². The molecule has 6 heteroatoms. The number of rotatable bonds is 4. The molecule has 0 radical (unpaired) electrons. The number of hydrogen-bond donors (Lipinski definition) is 1. The van der Waals surface area contributed by atoms with Crippen molar-refractivity contribution in [2.24, 2.45) is 7.05 Å². The summed E-state index contributed by atoms with van der Waals surface area (Å²) in [5.74, 6) is 0.554. The van der Waals surface area contributed by atoms with Gasteiger partial charge in [-0.1, -0.05) is 6.07 Å². The minimum Gasteiger partial charge on any atom is -0.467 e. The summed E-state index contributed by atoms with van der Waals surface area (Å²) >= 11 is 1.60. The molecule has 0 aliphatic carbocycles. The predicted octanol–water partition coefficient (Wildman–Crippen LogP) is 2.67. The van der Waals surface area contributed by atoms with E-state index in [9.17, 15) is 4.79 Å². The third-order valence-electron chi connectivity index (χ3n) is 2.89. The number of nitrogens with zero attached hydrogens (tertiary/aromatic N) is 2. The first-order chi connectivity index (χ1) is 9.74. The number of aromatic nitrogens is 2. The number of nitrogens with one attached hydrogen (secondary N) is 1. The summed E-state index contributed by atoms with van der Waals surface area (Å²) < 4.78 is 6.77. The van der Waals surface area contributed by atoms with Crippen molar-refractivity contribution in [3.63, 3.8) is 0 Å². The molecule has 0 aliphatic rings. The molecule has 20 heavy (non-hydrogen) atoms. The number of aryl methyl sites for hydroxylation is 1. The topological polar surface area (TPSA) is 60.1 Å². The van der Waals surface area contributed by atoms with Crippen molar-refractivity contribution in [3.05, 3.63) is 53.4 Å². The number of amides is 1. The molecule has 3 heterocycles. The van der Waals surface area contributed by atoms with Gasteiger partial charge in [0.05, 0.1) is 17.7 Å². The highest BCUT2D eigenvalue weighted by atomic mass is 32.1. The van der Waals surface area contributed by atoms with Crippen LogP contribution in [0.25, 0.3) is 10.6 Å². The van der Waals surface area contributed by atoms with Gasteiger partial charge in [-0.2, -0.15) is 5.10 Å². The Morgan fingerprint density at radius 1 is 1.45 bits per heavy atom. The van der Waals surface area contributed by atoms with E-state index in [1.165, 1.54) is 0 Å². The molecule has 5 nitrogen and oxygen atoms in total. The first-order valence-corrected chi connectivity index (χ1v) is 7.00. The van der Waals surface area contributed by atoms with Crippen LogP contribution in [-0.2, 0) is 13.6 Å². The normalized spacial score (nSPS) is 10.7. The Morgan fingerprint density at radius 3 is 3.05 bits per heavy atom. The van der Waals surface area contributed by atoms with Gasteiger partial charge in [0.1, 0.15) is 17.1 Å². The van der Waals surface area contributed by atoms with E-state index >= 15 is 0 Å². The molecule has 0 atom stereocenters. The minimum atomic E-state index is -0.167. The van der Waals surface area contributed by atoms with Crippen LogP contribution in [0.5, 0.6) is 0 Å². The van der Waals surface area contributed by atoms with E-state index in [1.54, 1.807) is 41.5 Å². The predicted molar refractivity (Wildman–Crippen MR) is 76.4 cm³/mol. The number of thiophene rings is 1. The van der Waals surface area contributed by atoms with Crippen LogP contribution in [0.3, 0.4) is 0 Å². The van der Waals surface area contributed by atoms with Gasteiger partial charge in [-0.3, -0.25) is 9.48 Å². The van der Waals surface area contributed by atoms with Crippen LogP contribution >= 0.6 is 11.3 Å². The second-order valence-corrected chi connectivity index (χ2v) is 5.23. The van der Waals surface area contributed by atoms with E-state index in [1.807, 2.05) is 23.6 Å². The molecule has 3 rings (SSSR count). The van der Waals surface area contributed by atoms with Gasteiger partial charge >= 0.3 is 0 Å². The summed E-state index contributed by atoms with van der Waals surface area (Å²) in [6, 6.07) is 9.35. The molecule has 0 saturated carbocycles. The summed E-state index contributed by atoms with van der Waals surface area (Å²) in [5, 5.41) is 9.16. The van der Waals surface area contributed by atoms with E-state index in [4.69, 9.17) is 4.42 Å². The molecule has 0 spiro atoms. The molecule has 102 valence electrons. The minimum absolute atomic E-state index is 0.167. The first-order valence-electron chi connectivity index (χ1n) is 6.12. The van der Waals surface area contributed by atoms with Crippen LogP contribution < -0.4 is 5.32 Å². The maximum absolute atomic E-state index is 12.1. The SMILES string of the molecule is Cn1nc(-c2cccs2)cc1C(=O)NCc1ccco1. The van der Waals surface area contributed by atoms with Crippen molar-refractivity contribution in [1.82, 2.24) is 15.1 Å². The van der Waals surface area contributed by atoms with Gasteiger partial charge in [0.15, 0.2) is 0 Å². The summed E-state index contributed by atoms with van der Waals surface area (Å²) in [5.41, 5.74) is 1.34. The van der Waals surface area contributed by atoms with E-state index in [0.717, 1.165) is 16.3 Å². The van der Waals surface area contributed by atoms with Crippen LogP contribution in [0, 0.1) is 0 Å². The largest absolute Gasteiger partial charge is 0.467 e. The van der Waals surface area contributed by atoms with Gasteiger partial charge in [-0.25, -0.2) is 0 Å². The molecule has 0 unspecified atom stereocenters. The lowest BCUT2D eigenvalue weighted by molar-refractivity contribution is 0.0938. The third kappa shape index (κ3) is 2.50. The van der Waals surface area contributed by atoms with E-state index in [2.05, 4.69) is 10.4 Å². The van der Waals surface area contributed by atoms with Crippen molar-refractivity contribution in [1.29, 1.82) is 0 Å². The molecule has 1 N–H and O–H groups in total. The van der Waals surface area contributed by atoms with Gasteiger partial charge in [0.25, 0.3) is 5.91 Å². The lowest BCUT2D eigenvalue weighted by Crippen LogP contribution is -2.24. The second-order valence-electron chi connectivity index (χ2n) is 4.28. The van der Waals surface area contributed by atoms with Crippen LogP contribution in [-0.4, -0.2) is 15.7 Å². The Kier molecular flexibility index (Phi) is 3.39. The number of furan rings is 1. The van der Waals surface area contributed by atoms with Gasteiger partial charge in [-0.05, 0) is 29.6 Å². The monoisotopic (exact) mass is 287 g/mol. The van der Waals surface area contributed by atoms with Crippen LogP contribution in [0.1, 0.15) is 16.2 Å². The Hall–Kier alpha value is -2.34. The fraction of sp³-hybridized carbons (Fsp3) is 0.143. The van der Waals surface area contributed by atoms with E-state index in [-0.39, 0.29) is 5.91 Å². The van der Waals surface area contributed by atoms with Gasteiger partial charge < -0.3 is 9.73 Å². The average Bonchev–Trinajstić information content (AvgIpc) is 3.17. The van der Waals surface area contributed by atoms with Crippen molar-refractivity contribution >= 4 is 17.2 Å². The number of carbonyl (C=O) groups is 1. The molecule has 0 aliphatic heterocycles. The summed E-state index contributed by atoms with van der Waals surface area (Å²) in [7, 11) is 1.76. The molecule has 0 saturated heterocycles. The van der Waals surface area contributed by atoms with Gasteiger partial charge in [0.2, 0.25) is 0 Å². The zero-order valence-corrected chi connectivity index (χ0v) is 11.7. The highest BCUT2D eigenvalue weighted by Crippen LogP contribution is 2.23. The number of carbonyl (C=O) groups excluding carboxylic acids is 1. The molecule has 3 aromatic heterocycles. The Bertz CT molecular complexity index is 699. The quantitative estimate of drug-likeness (QED) is 0.802. The summed E-state index contributed by atoms with van der Waals surface area (Å²) in [4.78, 5) is 13.2. The van der Waals surface area contributed by atoms with Crippen LogP contribution in [0.4, 0.5) is 0 Å². The highest BCUT2D eigenvalue weighted by molar-refractivity contribution is 7.13. The molecular weight excluding hydrogens is 274 g/mol. The standard InChI is InChI=1S/C14H13N3O2S/c1-17-12(8-11(16-17)13-5-3-7-20-13)14(18)15-9-10-4-2-6-19-10/h2-8H,9H2,1H3,(H,15,18). The lowest BCUT2D eigenvalue weighted by Gasteiger charge is -2.02. The number of hydrogen-bond acceptors (Lipinski definition) is 4. The Morgan fingerprint density at radius 2 is 2.35 bits per heavy atom. The average molecular weight is 287 g/mol. The second kappa shape index (κ2) is 5.34. The first kappa shape index (κ1) is 12.7.